The van der Waals surface area contributed by atoms with Crippen LogP contribution in [-0.2, 0) is 16.0 Å². The first kappa shape index (κ1) is 16.9. The van der Waals surface area contributed by atoms with Crippen molar-refractivity contribution < 1.29 is 14.3 Å². The van der Waals surface area contributed by atoms with E-state index in [4.69, 9.17) is 9.47 Å². The molecule has 1 aromatic heterocycles. The lowest BCUT2D eigenvalue weighted by Crippen LogP contribution is -2.32. The highest BCUT2D eigenvalue weighted by molar-refractivity contribution is 7.13. The summed E-state index contributed by atoms with van der Waals surface area (Å²) in [5.41, 5.74) is 1.75. The predicted molar refractivity (Wildman–Crippen MR) is 94.4 cm³/mol. The van der Waals surface area contributed by atoms with E-state index in [2.05, 4.69) is 10.3 Å². The summed E-state index contributed by atoms with van der Waals surface area (Å²) in [5.74, 6) is 0.809. The number of nitrogens with zero attached hydrogens (tertiary/aromatic N) is 1. The standard InChI is InChI=1S/C18H22N2O3S/c1-2-22-16-8-4-3-7-15(16)18-20-13(12-24-18)10-17(21)19-11-14-6-5-9-23-14/h3-4,7-8,12,14H,2,5-6,9-11H2,1H3,(H,19,21). The fourth-order valence-corrected chi connectivity index (χ4v) is 3.55. The molecule has 1 unspecified atom stereocenters. The Morgan fingerprint density at radius 3 is 3.12 bits per heavy atom. The predicted octanol–water partition coefficient (Wildman–Crippen LogP) is 3.05. The Balaban J connectivity index is 1.60. The summed E-state index contributed by atoms with van der Waals surface area (Å²) in [4.78, 5) is 16.6. The Morgan fingerprint density at radius 2 is 2.33 bits per heavy atom. The third-order valence-corrected chi connectivity index (χ3v) is 4.79. The first-order chi connectivity index (χ1) is 11.8. The zero-order valence-corrected chi connectivity index (χ0v) is 14.6. The lowest BCUT2D eigenvalue weighted by Gasteiger charge is -2.10. The third-order valence-electron chi connectivity index (χ3n) is 3.86. The molecule has 5 nitrogen and oxygen atoms in total. The quantitative estimate of drug-likeness (QED) is 0.837. The minimum absolute atomic E-state index is 0.0135. The normalized spacial score (nSPS) is 17.0. The Hall–Kier alpha value is -1.92. The number of thiazole rings is 1. The highest BCUT2D eigenvalue weighted by Gasteiger charge is 2.17. The number of ether oxygens (including phenoxy) is 2. The number of benzene rings is 1. The van der Waals surface area contributed by atoms with Crippen molar-refractivity contribution in [3.8, 4) is 16.3 Å². The number of carbonyl (C=O) groups is 1. The molecule has 24 heavy (non-hydrogen) atoms. The maximum absolute atomic E-state index is 12.1. The van der Waals surface area contributed by atoms with Gasteiger partial charge in [0.05, 0.1) is 30.4 Å². The topological polar surface area (TPSA) is 60.5 Å². The first-order valence-corrected chi connectivity index (χ1v) is 9.19. The molecule has 2 aromatic rings. The van der Waals surface area contributed by atoms with Crippen molar-refractivity contribution in [3.05, 3.63) is 35.3 Å². The van der Waals surface area contributed by atoms with Gasteiger partial charge in [-0.3, -0.25) is 4.79 Å². The van der Waals surface area contributed by atoms with Gasteiger partial charge in [-0.2, -0.15) is 0 Å². The van der Waals surface area contributed by atoms with E-state index in [1.807, 2.05) is 36.6 Å². The molecule has 0 aliphatic carbocycles. The summed E-state index contributed by atoms with van der Waals surface area (Å²) in [5, 5.41) is 5.74. The van der Waals surface area contributed by atoms with Crippen LogP contribution in [0.5, 0.6) is 5.75 Å². The molecule has 1 N–H and O–H groups in total. The molecule has 128 valence electrons. The number of rotatable bonds is 7. The number of para-hydroxylation sites is 1. The molecule has 0 bridgehead atoms. The molecular formula is C18H22N2O3S. The summed E-state index contributed by atoms with van der Waals surface area (Å²) < 4.78 is 11.2. The Labute approximate surface area is 146 Å². The largest absolute Gasteiger partial charge is 0.493 e. The second-order valence-corrected chi connectivity index (χ2v) is 6.55. The molecule has 1 amide bonds. The van der Waals surface area contributed by atoms with Gasteiger partial charge in [0.2, 0.25) is 5.91 Å². The number of aromatic nitrogens is 1. The monoisotopic (exact) mass is 346 g/mol. The van der Waals surface area contributed by atoms with E-state index in [0.717, 1.165) is 41.5 Å². The van der Waals surface area contributed by atoms with Gasteiger partial charge in [0.1, 0.15) is 10.8 Å². The van der Waals surface area contributed by atoms with Crippen molar-refractivity contribution in [2.24, 2.45) is 0 Å². The van der Waals surface area contributed by atoms with E-state index in [1.165, 1.54) is 11.3 Å². The van der Waals surface area contributed by atoms with Crippen molar-refractivity contribution in [1.29, 1.82) is 0 Å². The average molecular weight is 346 g/mol. The van der Waals surface area contributed by atoms with Crippen molar-refractivity contribution in [3.63, 3.8) is 0 Å². The Kier molecular flexibility index (Phi) is 5.82. The summed E-state index contributed by atoms with van der Waals surface area (Å²) in [6, 6.07) is 7.84. The van der Waals surface area contributed by atoms with Gasteiger partial charge in [0.15, 0.2) is 0 Å². The van der Waals surface area contributed by atoms with E-state index in [1.54, 1.807) is 0 Å². The number of nitrogens with one attached hydrogen (secondary N) is 1. The molecule has 1 aliphatic heterocycles. The molecule has 1 aromatic carbocycles. The molecule has 0 radical (unpaired) electrons. The van der Waals surface area contributed by atoms with Gasteiger partial charge < -0.3 is 14.8 Å². The van der Waals surface area contributed by atoms with Crippen LogP contribution in [0.1, 0.15) is 25.5 Å². The SMILES string of the molecule is CCOc1ccccc1-c1nc(CC(=O)NCC2CCCO2)cs1. The molecule has 6 heteroatoms. The third kappa shape index (κ3) is 4.33. The molecule has 3 rings (SSSR count). The lowest BCUT2D eigenvalue weighted by atomic mass is 10.2. The van der Waals surface area contributed by atoms with Crippen LogP contribution in [0.2, 0.25) is 0 Å². The minimum atomic E-state index is -0.0135. The second-order valence-electron chi connectivity index (χ2n) is 5.69. The van der Waals surface area contributed by atoms with Crippen molar-refractivity contribution in [1.82, 2.24) is 10.3 Å². The van der Waals surface area contributed by atoms with Crippen molar-refractivity contribution >= 4 is 17.2 Å². The zero-order valence-electron chi connectivity index (χ0n) is 13.8. The molecule has 0 saturated carbocycles. The van der Waals surface area contributed by atoms with E-state index < -0.39 is 0 Å². The minimum Gasteiger partial charge on any atom is -0.493 e. The highest BCUT2D eigenvalue weighted by Crippen LogP contribution is 2.32. The maximum atomic E-state index is 12.1. The van der Waals surface area contributed by atoms with Gasteiger partial charge in [-0.15, -0.1) is 11.3 Å². The van der Waals surface area contributed by atoms with Crippen molar-refractivity contribution in [2.45, 2.75) is 32.3 Å². The van der Waals surface area contributed by atoms with E-state index in [-0.39, 0.29) is 12.0 Å². The zero-order chi connectivity index (χ0) is 16.8. The van der Waals surface area contributed by atoms with Crippen molar-refractivity contribution in [2.75, 3.05) is 19.8 Å². The van der Waals surface area contributed by atoms with Gasteiger partial charge in [0, 0.05) is 18.5 Å². The molecule has 1 atom stereocenters. The van der Waals surface area contributed by atoms with Crippen LogP contribution in [0.25, 0.3) is 10.6 Å². The van der Waals surface area contributed by atoms with E-state index in [0.29, 0.717) is 19.6 Å². The average Bonchev–Trinajstić information content (AvgIpc) is 3.25. The lowest BCUT2D eigenvalue weighted by molar-refractivity contribution is -0.121. The maximum Gasteiger partial charge on any atom is 0.226 e. The van der Waals surface area contributed by atoms with Gasteiger partial charge >= 0.3 is 0 Å². The number of hydrogen-bond acceptors (Lipinski definition) is 5. The van der Waals surface area contributed by atoms with Gasteiger partial charge in [-0.05, 0) is 31.9 Å². The summed E-state index contributed by atoms with van der Waals surface area (Å²) >= 11 is 1.53. The first-order valence-electron chi connectivity index (χ1n) is 8.31. The van der Waals surface area contributed by atoms with Crippen LogP contribution in [0, 0.1) is 0 Å². The smallest absolute Gasteiger partial charge is 0.226 e. The molecule has 1 aliphatic rings. The summed E-state index contributed by atoms with van der Waals surface area (Å²) in [6.07, 6.45) is 2.56. The van der Waals surface area contributed by atoms with Crippen LogP contribution in [0.3, 0.4) is 0 Å². The summed E-state index contributed by atoms with van der Waals surface area (Å²) in [6.45, 7) is 3.96. The van der Waals surface area contributed by atoms with Crippen LogP contribution in [-0.4, -0.2) is 36.8 Å². The Bertz CT molecular complexity index is 680. The fraction of sp³-hybridized carbons (Fsp3) is 0.444. The number of amides is 1. The van der Waals surface area contributed by atoms with E-state index >= 15 is 0 Å². The van der Waals surface area contributed by atoms with Crippen LogP contribution < -0.4 is 10.1 Å². The molecule has 1 saturated heterocycles. The molecule has 2 heterocycles. The fourth-order valence-electron chi connectivity index (χ4n) is 2.70. The van der Waals surface area contributed by atoms with Crippen LogP contribution in [0.15, 0.2) is 29.6 Å². The van der Waals surface area contributed by atoms with E-state index in [9.17, 15) is 4.79 Å². The summed E-state index contributed by atoms with van der Waals surface area (Å²) in [7, 11) is 0. The van der Waals surface area contributed by atoms with Gasteiger partial charge in [-0.1, -0.05) is 12.1 Å². The van der Waals surface area contributed by atoms with Gasteiger partial charge in [-0.25, -0.2) is 4.98 Å². The number of hydrogen-bond donors (Lipinski definition) is 1. The number of carbonyl (C=O) groups excluding carboxylic acids is 1. The Morgan fingerprint density at radius 1 is 1.46 bits per heavy atom. The second kappa shape index (κ2) is 8.26. The molecule has 1 fully saturated rings. The van der Waals surface area contributed by atoms with Crippen LogP contribution in [0.4, 0.5) is 0 Å². The molecule has 0 spiro atoms. The van der Waals surface area contributed by atoms with Gasteiger partial charge in [0.25, 0.3) is 0 Å². The highest BCUT2D eigenvalue weighted by atomic mass is 32.1. The van der Waals surface area contributed by atoms with Crippen LogP contribution >= 0.6 is 11.3 Å². The molecular weight excluding hydrogens is 324 g/mol.